The van der Waals surface area contributed by atoms with Gasteiger partial charge in [0, 0.05) is 10.9 Å². The number of fused-ring (bicyclic) bond motifs is 1. The number of para-hydroxylation sites is 1. The topological polar surface area (TPSA) is 42.2 Å². The largest absolute Gasteiger partial charge is 0.428 e. The molecular formula is C20H29NO2. The molecule has 0 radical (unpaired) electrons. The van der Waals surface area contributed by atoms with E-state index in [1.54, 1.807) is 12.1 Å². The second-order valence-electron chi connectivity index (χ2n) is 6.45. The first kappa shape index (κ1) is 17.6. The van der Waals surface area contributed by atoms with Crippen LogP contribution in [0.2, 0.25) is 0 Å². The number of rotatable bonds is 9. The molecule has 0 saturated carbocycles. The van der Waals surface area contributed by atoms with Crippen LogP contribution in [0.1, 0.15) is 69.5 Å². The van der Waals surface area contributed by atoms with Gasteiger partial charge in [0.1, 0.15) is 0 Å². The van der Waals surface area contributed by atoms with Crippen LogP contribution in [0.5, 0.6) is 0 Å². The molecule has 1 aromatic carbocycles. The normalized spacial score (nSPS) is 11.2. The van der Waals surface area contributed by atoms with Gasteiger partial charge >= 0.3 is 0 Å². The van der Waals surface area contributed by atoms with Crippen molar-refractivity contribution < 1.29 is 5.21 Å². The van der Waals surface area contributed by atoms with E-state index in [-0.39, 0.29) is 5.43 Å². The molecule has 1 N–H and O–H groups in total. The highest BCUT2D eigenvalue weighted by Gasteiger charge is 2.12. The first-order chi connectivity index (χ1) is 11.2. The van der Waals surface area contributed by atoms with Crippen molar-refractivity contribution in [2.75, 3.05) is 0 Å². The molecule has 0 saturated heterocycles. The molecule has 1 aromatic heterocycles. The lowest BCUT2D eigenvalue weighted by atomic mass is 10.0. The Morgan fingerprint density at radius 2 is 1.57 bits per heavy atom. The lowest BCUT2D eigenvalue weighted by molar-refractivity contribution is 0.190. The van der Waals surface area contributed by atoms with Gasteiger partial charge in [0.15, 0.2) is 5.43 Å². The molecule has 0 aliphatic heterocycles. The van der Waals surface area contributed by atoms with Crippen LogP contribution in [-0.2, 0) is 6.42 Å². The van der Waals surface area contributed by atoms with E-state index in [1.807, 2.05) is 19.1 Å². The zero-order valence-corrected chi connectivity index (χ0v) is 14.5. The van der Waals surface area contributed by atoms with Crippen molar-refractivity contribution in [1.82, 2.24) is 4.73 Å². The molecule has 0 bridgehead atoms. The second kappa shape index (κ2) is 8.76. The molecule has 0 atom stereocenters. The molecule has 0 amide bonds. The van der Waals surface area contributed by atoms with E-state index < -0.39 is 0 Å². The smallest absolute Gasteiger partial charge is 0.193 e. The highest BCUT2D eigenvalue weighted by molar-refractivity contribution is 5.79. The van der Waals surface area contributed by atoms with Crippen molar-refractivity contribution in [1.29, 1.82) is 0 Å². The van der Waals surface area contributed by atoms with Crippen molar-refractivity contribution in [2.24, 2.45) is 0 Å². The summed E-state index contributed by atoms with van der Waals surface area (Å²) in [6, 6.07) is 7.26. The molecular weight excluding hydrogens is 286 g/mol. The summed E-state index contributed by atoms with van der Waals surface area (Å²) in [5.41, 5.74) is 2.11. The van der Waals surface area contributed by atoms with Gasteiger partial charge in [-0.1, -0.05) is 64.0 Å². The third kappa shape index (κ3) is 4.37. The van der Waals surface area contributed by atoms with Crippen LogP contribution >= 0.6 is 0 Å². The number of hydrogen-bond acceptors (Lipinski definition) is 2. The molecule has 0 aliphatic rings. The summed E-state index contributed by atoms with van der Waals surface area (Å²) >= 11 is 0. The van der Waals surface area contributed by atoms with E-state index in [9.17, 15) is 10.0 Å². The second-order valence-corrected chi connectivity index (χ2v) is 6.45. The van der Waals surface area contributed by atoms with Crippen molar-refractivity contribution in [3.63, 3.8) is 0 Å². The molecule has 0 aliphatic carbocycles. The summed E-state index contributed by atoms with van der Waals surface area (Å²) in [6.45, 7) is 4.06. The van der Waals surface area contributed by atoms with E-state index >= 15 is 0 Å². The maximum atomic E-state index is 12.6. The number of unbranched alkanes of at least 4 members (excludes halogenated alkanes) is 7. The minimum atomic E-state index is 0.0753. The number of benzene rings is 1. The van der Waals surface area contributed by atoms with Gasteiger partial charge in [-0.25, -0.2) is 0 Å². The summed E-state index contributed by atoms with van der Waals surface area (Å²) < 4.78 is 1.16. The van der Waals surface area contributed by atoms with Gasteiger partial charge in [-0.2, -0.15) is 4.73 Å². The molecule has 23 heavy (non-hydrogen) atoms. The van der Waals surface area contributed by atoms with Crippen LogP contribution in [0.15, 0.2) is 29.1 Å². The molecule has 3 heteroatoms. The third-order valence-corrected chi connectivity index (χ3v) is 4.69. The van der Waals surface area contributed by atoms with Crippen molar-refractivity contribution in [3.8, 4) is 0 Å². The summed E-state index contributed by atoms with van der Waals surface area (Å²) in [6.07, 6.45) is 10.8. The predicted molar refractivity (Wildman–Crippen MR) is 96.4 cm³/mol. The van der Waals surface area contributed by atoms with Gasteiger partial charge in [0.05, 0.1) is 11.2 Å². The molecule has 0 unspecified atom stereocenters. The number of nitrogens with zero attached hydrogens (tertiary/aromatic N) is 1. The van der Waals surface area contributed by atoms with Crippen LogP contribution in [0.3, 0.4) is 0 Å². The zero-order valence-electron chi connectivity index (χ0n) is 14.5. The monoisotopic (exact) mass is 315 g/mol. The Morgan fingerprint density at radius 1 is 0.957 bits per heavy atom. The fraction of sp³-hybridized carbons (Fsp3) is 0.550. The van der Waals surface area contributed by atoms with Gasteiger partial charge in [-0.15, -0.1) is 0 Å². The van der Waals surface area contributed by atoms with Crippen LogP contribution in [0.25, 0.3) is 10.9 Å². The van der Waals surface area contributed by atoms with Crippen LogP contribution in [0.4, 0.5) is 0 Å². The van der Waals surface area contributed by atoms with Gasteiger partial charge in [-0.05, 0) is 31.9 Å². The first-order valence-corrected chi connectivity index (χ1v) is 8.99. The molecule has 2 aromatic rings. The van der Waals surface area contributed by atoms with Gasteiger partial charge in [-0.3, -0.25) is 4.79 Å². The zero-order chi connectivity index (χ0) is 16.7. The molecule has 2 rings (SSSR count). The van der Waals surface area contributed by atoms with Crippen LogP contribution < -0.4 is 5.43 Å². The average Bonchev–Trinajstić information content (AvgIpc) is 2.58. The minimum Gasteiger partial charge on any atom is -0.428 e. The third-order valence-electron chi connectivity index (χ3n) is 4.69. The van der Waals surface area contributed by atoms with Crippen molar-refractivity contribution >= 4 is 10.9 Å². The summed E-state index contributed by atoms with van der Waals surface area (Å²) in [4.78, 5) is 12.6. The van der Waals surface area contributed by atoms with Crippen molar-refractivity contribution in [3.05, 3.63) is 45.7 Å². The van der Waals surface area contributed by atoms with E-state index in [4.69, 9.17) is 0 Å². The predicted octanol–water partition coefficient (Wildman–Crippen LogP) is 5.23. The lowest BCUT2D eigenvalue weighted by Gasteiger charge is -2.12. The SMILES string of the molecule is CCCCCCCCCCc1c(C)n(O)c2ccccc2c1=O. The molecule has 1 heterocycles. The molecule has 3 nitrogen and oxygen atoms in total. The molecule has 0 spiro atoms. The van der Waals surface area contributed by atoms with Gasteiger partial charge in [0.25, 0.3) is 0 Å². The fourth-order valence-corrected chi connectivity index (χ4v) is 3.22. The Balaban J connectivity index is 1.94. The maximum Gasteiger partial charge on any atom is 0.193 e. The number of aromatic nitrogens is 1. The molecule has 126 valence electrons. The standard InChI is InChI=1S/C20H29NO2/c1-3-4-5-6-7-8-9-10-13-17-16(2)21(23)19-15-12-11-14-18(19)20(17)22/h11-12,14-15,23H,3-10,13H2,1-2H3. The van der Waals surface area contributed by atoms with E-state index in [0.717, 1.165) is 29.6 Å². The lowest BCUT2D eigenvalue weighted by Crippen LogP contribution is -2.17. The molecule has 0 fully saturated rings. The van der Waals surface area contributed by atoms with E-state index in [2.05, 4.69) is 6.92 Å². The fourth-order valence-electron chi connectivity index (χ4n) is 3.22. The number of pyridine rings is 1. The Labute approximate surface area is 138 Å². The summed E-state index contributed by atoms with van der Waals surface area (Å²) in [7, 11) is 0. The Kier molecular flexibility index (Phi) is 6.69. The quantitative estimate of drug-likeness (QED) is 0.508. The Morgan fingerprint density at radius 3 is 2.26 bits per heavy atom. The minimum absolute atomic E-state index is 0.0753. The number of hydrogen-bond donors (Lipinski definition) is 1. The first-order valence-electron chi connectivity index (χ1n) is 8.99. The summed E-state index contributed by atoms with van der Waals surface area (Å²) in [5, 5.41) is 10.9. The Hall–Kier alpha value is -1.77. The highest BCUT2D eigenvalue weighted by Crippen LogP contribution is 2.16. The van der Waals surface area contributed by atoms with Gasteiger partial charge in [0.2, 0.25) is 0 Å². The maximum absolute atomic E-state index is 12.6. The van der Waals surface area contributed by atoms with E-state index in [1.165, 1.54) is 38.5 Å². The van der Waals surface area contributed by atoms with Gasteiger partial charge < -0.3 is 5.21 Å². The Bertz CT molecular complexity index is 688. The van der Waals surface area contributed by atoms with Crippen molar-refractivity contribution in [2.45, 2.75) is 71.6 Å². The van der Waals surface area contributed by atoms with Crippen LogP contribution in [0, 0.1) is 6.92 Å². The average molecular weight is 315 g/mol. The van der Waals surface area contributed by atoms with Crippen LogP contribution in [-0.4, -0.2) is 9.94 Å². The highest BCUT2D eigenvalue weighted by atomic mass is 16.5. The summed E-state index contributed by atoms with van der Waals surface area (Å²) in [5.74, 6) is 0. The van der Waals surface area contributed by atoms with E-state index in [0.29, 0.717) is 16.6 Å².